The van der Waals surface area contributed by atoms with Gasteiger partial charge in [0.05, 0.1) is 11.0 Å². The van der Waals surface area contributed by atoms with E-state index in [0.29, 0.717) is 13.0 Å². The molecule has 0 unspecified atom stereocenters. The van der Waals surface area contributed by atoms with Crippen LogP contribution in [0.15, 0.2) is 78.9 Å². The van der Waals surface area contributed by atoms with Crippen molar-refractivity contribution >= 4 is 22.6 Å². The molecule has 1 aliphatic heterocycles. The van der Waals surface area contributed by atoms with Crippen LogP contribution >= 0.6 is 0 Å². The third kappa shape index (κ3) is 3.21. The molecule has 1 aromatic heterocycles. The number of carbonyl (C=O) groups excluding carboxylic acids is 1. The number of nitrogens with zero attached hydrogens (tertiary/aromatic N) is 3. The Bertz CT molecular complexity index is 1180. The van der Waals surface area contributed by atoms with Gasteiger partial charge in [-0.05, 0) is 42.3 Å². The smallest absolute Gasteiger partial charge is 0.227 e. The Morgan fingerprint density at radius 3 is 2.48 bits per heavy atom. The van der Waals surface area contributed by atoms with Crippen LogP contribution in [0, 0.1) is 6.92 Å². The molecule has 29 heavy (non-hydrogen) atoms. The fraction of sp³-hybridized carbons (Fsp3) is 0.200. The van der Waals surface area contributed by atoms with Crippen molar-refractivity contribution in [2.75, 3.05) is 11.4 Å². The van der Waals surface area contributed by atoms with Crippen molar-refractivity contribution in [1.82, 2.24) is 9.55 Å². The summed E-state index contributed by atoms with van der Waals surface area (Å²) in [6.45, 7) is 3.57. The van der Waals surface area contributed by atoms with Crippen molar-refractivity contribution in [3.05, 3.63) is 95.8 Å². The second-order valence-corrected chi connectivity index (χ2v) is 7.71. The quantitative estimate of drug-likeness (QED) is 0.504. The molecule has 1 saturated heterocycles. The number of rotatable bonds is 4. The van der Waals surface area contributed by atoms with Crippen LogP contribution in [0.3, 0.4) is 0 Å². The number of aryl methyl sites for hydroxylation is 1. The Morgan fingerprint density at radius 2 is 1.66 bits per heavy atom. The van der Waals surface area contributed by atoms with Gasteiger partial charge in [-0.2, -0.15) is 0 Å². The van der Waals surface area contributed by atoms with Crippen LogP contribution in [-0.4, -0.2) is 22.0 Å². The van der Waals surface area contributed by atoms with Gasteiger partial charge in [-0.1, -0.05) is 54.6 Å². The van der Waals surface area contributed by atoms with Crippen LogP contribution in [0.1, 0.15) is 29.3 Å². The van der Waals surface area contributed by atoms with Gasteiger partial charge in [-0.15, -0.1) is 0 Å². The summed E-state index contributed by atoms with van der Waals surface area (Å²) in [4.78, 5) is 19.6. The summed E-state index contributed by atoms with van der Waals surface area (Å²) < 4.78 is 2.30. The average molecular weight is 381 g/mol. The zero-order chi connectivity index (χ0) is 19.8. The van der Waals surface area contributed by atoms with Gasteiger partial charge < -0.3 is 9.47 Å². The number of aromatic nitrogens is 2. The molecule has 5 rings (SSSR count). The van der Waals surface area contributed by atoms with E-state index in [1.165, 1.54) is 11.1 Å². The highest BCUT2D eigenvalue weighted by atomic mass is 16.2. The molecule has 4 aromatic rings. The number of hydrogen-bond donors (Lipinski definition) is 0. The molecule has 4 heteroatoms. The Balaban J connectivity index is 1.55. The molecule has 0 saturated carbocycles. The van der Waals surface area contributed by atoms with Crippen LogP contribution in [-0.2, 0) is 11.3 Å². The third-order valence-electron chi connectivity index (χ3n) is 5.83. The number of hydrogen-bond acceptors (Lipinski definition) is 2. The zero-order valence-corrected chi connectivity index (χ0v) is 16.5. The zero-order valence-electron chi connectivity index (χ0n) is 16.5. The fourth-order valence-corrected chi connectivity index (χ4v) is 4.27. The Morgan fingerprint density at radius 1 is 0.931 bits per heavy atom. The minimum atomic E-state index is 0.0825. The van der Waals surface area contributed by atoms with Gasteiger partial charge in [0.25, 0.3) is 0 Å². The number of fused-ring (bicyclic) bond motifs is 1. The molecule has 0 bridgehead atoms. The van der Waals surface area contributed by atoms with E-state index in [9.17, 15) is 4.79 Å². The summed E-state index contributed by atoms with van der Waals surface area (Å²) in [5.41, 5.74) is 5.62. The highest BCUT2D eigenvalue weighted by Crippen LogP contribution is 2.33. The molecule has 0 aliphatic carbocycles. The third-order valence-corrected chi connectivity index (χ3v) is 5.83. The summed E-state index contributed by atoms with van der Waals surface area (Å²) in [5.74, 6) is 1.25. The van der Waals surface area contributed by atoms with E-state index in [0.717, 1.165) is 29.1 Å². The fourth-order valence-electron chi connectivity index (χ4n) is 4.27. The van der Waals surface area contributed by atoms with Gasteiger partial charge in [-0.3, -0.25) is 4.79 Å². The molecule has 0 N–H and O–H groups in total. The van der Waals surface area contributed by atoms with Gasteiger partial charge in [-0.25, -0.2) is 4.98 Å². The standard InChI is InChI=1S/C25H23N3O/c1-18-9-5-6-10-19(18)16-28-23-14-8-7-13-22(23)26-25(28)20-15-24(29)27(17-20)21-11-3-2-4-12-21/h2-14,20H,15-17H2,1H3/t20-/m0/s1. The lowest BCUT2D eigenvalue weighted by Gasteiger charge is -2.18. The lowest BCUT2D eigenvalue weighted by molar-refractivity contribution is -0.117. The highest BCUT2D eigenvalue weighted by Gasteiger charge is 2.34. The summed E-state index contributed by atoms with van der Waals surface area (Å²) in [5, 5.41) is 0. The van der Waals surface area contributed by atoms with Crippen LogP contribution in [0.4, 0.5) is 5.69 Å². The van der Waals surface area contributed by atoms with Gasteiger partial charge >= 0.3 is 0 Å². The lowest BCUT2D eigenvalue weighted by Crippen LogP contribution is -2.24. The predicted molar refractivity (Wildman–Crippen MR) is 116 cm³/mol. The van der Waals surface area contributed by atoms with E-state index >= 15 is 0 Å². The summed E-state index contributed by atoms with van der Waals surface area (Å²) in [6.07, 6.45) is 0.492. The molecule has 4 nitrogen and oxygen atoms in total. The maximum Gasteiger partial charge on any atom is 0.227 e. The summed E-state index contributed by atoms with van der Waals surface area (Å²) in [7, 11) is 0. The van der Waals surface area contributed by atoms with Crippen molar-refractivity contribution < 1.29 is 4.79 Å². The minimum Gasteiger partial charge on any atom is -0.323 e. The van der Waals surface area contributed by atoms with Crippen molar-refractivity contribution in [3.63, 3.8) is 0 Å². The minimum absolute atomic E-state index is 0.0825. The normalized spacial score (nSPS) is 16.7. The molecule has 0 spiro atoms. The van der Waals surface area contributed by atoms with Crippen LogP contribution < -0.4 is 4.90 Å². The Labute approximate surface area is 170 Å². The van der Waals surface area contributed by atoms with E-state index < -0.39 is 0 Å². The van der Waals surface area contributed by atoms with Gasteiger partial charge in [0, 0.05) is 31.1 Å². The second kappa shape index (κ2) is 7.21. The number of para-hydroxylation sites is 3. The molecule has 1 amide bonds. The molecule has 1 atom stereocenters. The van der Waals surface area contributed by atoms with Crippen LogP contribution in [0.5, 0.6) is 0 Å². The monoisotopic (exact) mass is 381 g/mol. The molecule has 1 fully saturated rings. The molecular weight excluding hydrogens is 358 g/mol. The Hall–Kier alpha value is -3.40. The number of carbonyl (C=O) groups is 1. The van der Waals surface area contributed by atoms with Gasteiger partial charge in [0.15, 0.2) is 0 Å². The molecular formula is C25H23N3O. The average Bonchev–Trinajstić information content (AvgIpc) is 3.31. The maximum absolute atomic E-state index is 12.8. The summed E-state index contributed by atoms with van der Waals surface area (Å²) >= 11 is 0. The SMILES string of the molecule is Cc1ccccc1Cn1c([C@H]2CC(=O)N(c3ccccc3)C2)nc2ccccc21. The number of imidazole rings is 1. The largest absolute Gasteiger partial charge is 0.323 e. The van der Waals surface area contributed by atoms with E-state index in [1.54, 1.807) is 0 Å². The van der Waals surface area contributed by atoms with Crippen molar-refractivity contribution in [2.24, 2.45) is 0 Å². The van der Waals surface area contributed by atoms with Gasteiger partial charge in [0.2, 0.25) is 5.91 Å². The van der Waals surface area contributed by atoms with Crippen molar-refractivity contribution in [1.29, 1.82) is 0 Å². The first kappa shape index (κ1) is 17.7. The highest BCUT2D eigenvalue weighted by molar-refractivity contribution is 5.96. The van der Waals surface area contributed by atoms with Crippen LogP contribution in [0.2, 0.25) is 0 Å². The first-order chi connectivity index (χ1) is 14.2. The molecule has 3 aromatic carbocycles. The van der Waals surface area contributed by atoms with Crippen molar-refractivity contribution in [3.8, 4) is 0 Å². The molecule has 1 aliphatic rings. The van der Waals surface area contributed by atoms with E-state index in [1.807, 2.05) is 41.3 Å². The topological polar surface area (TPSA) is 38.1 Å². The molecule has 144 valence electrons. The van der Waals surface area contributed by atoms with Gasteiger partial charge in [0.1, 0.15) is 5.82 Å². The first-order valence-corrected chi connectivity index (χ1v) is 10.1. The van der Waals surface area contributed by atoms with E-state index in [4.69, 9.17) is 4.98 Å². The first-order valence-electron chi connectivity index (χ1n) is 10.1. The molecule has 0 radical (unpaired) electrons. The predicted octanol–water partition coefficient (Wildman–Crippen LogP) is 4.91. The lowest BCUT2D eigenvalue weighted by atomic mass is 10.1. The van der Waals surface area contributed by atoms with Crippen LogP contribution in [0.25, 0.3) is 11.0 Å². The van der Waals surface area contributed by atoms with E-state index in [2.05, 4.69) is 54.0 Å². The maximum atomic E-state index is 12.8. The summed E-state index contributed by atoms with van der Waals surface area (Å²) in [6, 6.07) is 26.6. The number of anilines is 1. The number of amides is 1. The van der Waals surface area contributed by atoms with E-state index in [-0.39, 0.29) is 11.8 Å². The molecule has 2 heterocycles. The second-order valence-electron chi connectivity index (χ2n) is 7.71. The van der Waals surface area contributed by atoms with Crippen molar-refractivity contribution in [2.45, 2.75) is 25.8 Å². The Kier molecular flexibility index (Phi) is 4.39. The number of benzene rings is 3.